The molecule has 8 nitrogen and oxygen atoms in total. The van der Waals surface area contributed by atoms with E-state index < -0.39 is 5.97 Å². The fourth-order valence-electron chi connectivity index (χ4n) is 3.83. The van der Waals surface area contributed by atoms with Crippen LogP contribution >= 0.6 is 11.8 Å². The summed E-state index contributed by atoms with van der Waals surface area (Å²) in [5, 5.41) is 0. The molecule has 0 bridgehead atoms. The number of thioether (sulfide) groups is 1. The summed E-state index contributed by atoms with van der Waals surface area (Å²) in [6.07, 6.45) is 8.02. The van der Waals surface area contributed by atoms with Crippen LogP contribution in [0, 0.1) is 0 Å². The minimum Gasteiger partial charge on any atom is -0.472 e. The number of methoxy groups -OCH3 is 1. The van der Waals surface area contributed by atoms with Crippen molar-refractivity contribution in [2.24, 2.45) is 0 Å². The molecule has 1 aromatic carbocycles. The number of esters is 1. The highest BCUT2D eigenvalue weighted by Gasteiger charge is 2.29. The molecule has 9 heteroatoms. The maximum Gasteiger partial charge on any atom is 0.344 e. The van der Waals surface area contributed by atoms with E-state index in [-0.39, 0.29) is 17.9 Å². The van der Waals surface area contributed by atoms with Gasteiger partial charge in [-0.25, -0.2) is 19.7 Å². The Bertz CT molecular complexity index is 1140. The van der Waals surface area contributed by atoms with E-state index in [2.05, 4.69) is 15.0 Å². The molecule has 0 N–H and O–H groups in total. The topological polar surface area (TPSA) is 94.5 Å². The molecule has 1 aliphatic rings. The van der Waals surface area contributed by atoms with Crippen LogP contribution in [0.3, 0.4) is 0 Å². The molecule has 1 atom stereocenters. The van der Waals surface area contributed by atoms with Crippen molar-refractivity contribution in [1.82, 2.24) is 19.9 Å². The number of benzene rings is 1. The number of hydrogen-bond acceptors (Lipinski definition) is 8. The normalized spacial score (nSPS) is 15.7. The van der Waals surface area contributed by atoms with Gasteiger partial charge in [-0.3, -0.25) is 4.79 Å². The minimum absolute atomic E-state index is 0.106. The number of carbonyl (C=O) groups is 2. The Morgan fingerprint density at radius 1 is 1.06 bits per heavy atom. The largest absolute Gasteiger partial charge is 0.472 e. The molecule has 3 aromatic rings. The lowest BCUT2D eigenvalue weighted by atomic mass is 10.0. The molecule has 3 heterocycles. The van der Waals surface area contributed by atoms with E-state index in [1.165, 1.54) is 18.9 Å². The van der Waals surface area contributed by atoms with Crippen LogP contribution in [-0.4, -0.2) is 64.3 Å². The molecule has 0 saturated carbocycles. The van der Waals surface area contributed by atoms with Crippen LogP contribution in [0.2, 0.25) is 0 Å². The first-order chi connectivity index (χ1) is 16.1. The van der Waals surface area contributed by atoms with Crippen molar-refractivity contribution < 1.29 is 19.1 Å². The minimum atomic E-state index is -0.497. The average Bonchev–Trinajstić information content (AvgIpc) is 2.88. The van der Waals surface area contributed by atoms with Gasteiger partial charge in [-0.15, -0.1) is 11.8 Å². The maximum atomic E-state index is 13.4. The monoisotopic (exact) mass is 464 g/mol. The molecule has 0 spiro atoms. The van der Waals surface area contributed by atoms with E-state index >= 15 is 0 Å². The van der Waals surface area contributed by atoms with Crippen molar-refractivity contribution in [2.75, 3.05) is 26.5 Å². The highest BCUT2D eigenvalue weighted by molar-refractivity contribution is 7.98. The number of ether oxygens (including phenoxy) is 2. The third-order valence-electron chi connectivity index (χ3n) is 5.40. The zero-order chi connectivity index (χ0) is 23.2. The first-order valence-electron chi connectivity index (χ1n) is 10.6. The van der Waals surface area contributed by atoms with Crippen LogP contribution in [0.15, 0.2) is 59.9 Å². The maximum absolute atomic E-state index is 13.4. The number of pyridine rings is 1. The number of rotatable bonds is 6. The Balaban J connectivity index is 1.55. The molecule has 1 saturated heterocycles. The fourth-order valence-corrected chi connectivity index (χ4v) is 4.40. The van der Waals surface area contributed by atoms with Crippen LogP contribution in [-0.2, 0) is 4.74 Å². The smallest absolute Gasteiger partial charge is 0.344 e. The van der Waals surface area contributed by atoms with Crippen LogP contribution in [0.25, 0.3) is 11.4 Å². The number of aromatic nitrogens is 3. The third-order valence-corrected chi connectivity index (χ3v) is 6.18. The zero-order valence-corrected chi connectivity index (χ0v) is 19.2. The van der Waals surface area contributed by atoms with Crippen molar-refractivity contribution >= 4 is 23.6 Å². The molecule has 2 aromatic heterocycles. The summed E-state index contributed by atoms with van der Waals surface area (Å²) in [5.74, 6) is 0.131. The van der Waals surface area contributed by atoms with Crippen molar-refractivity contribution in [2.45, 2.75) is 23.8 Å². The summed E-state index contributed by atoms with van der Waals surface area (Å²) in [7, 11) is 1.33. The van der Waals surface area contributed by atoms with Gasteiger partial charge in [0.25, 0.3) is 5.91 Å². The van der Waals surface area contributed by atoms with Crippen molar-refractivity contribution in [3.8, 4) is 17.3 Å². The SMILES string of the molecule is COC(=O)c1c(SC)ccnc1O[C@@H]1CCCN(C(=O)c2ccccc2-c2ncccn2)C1. The Morgan fingerprint density at radius 3 is 2.61 bits per heavy atom. The molecule has 0 aliphatic carbocycles. The molecular formula is C24H24N4O4S. The quantitative estimate of drug-likeness (QED) is 0.402. The number of piperidine rings is 1. The van der Waals surface area contributed by atoms with Gasteiger partial charge in [-0.2, -0.15) is 0 Å². The van der Waals surface area contributed by atoms with E-state index in [4.69, 9.17) is 9.47 Å². The zero-order valence-electron chi connectivity index (χ0n) is 18.4. The molecular weight excluding hydrogens is 440 g/mol. The summed E-state index contributed by atoms with van der Waals surface area (Å²) in [4.78, 5) is 41.2. The summed E-state index contributed by atoms with van der Waals surface area (Å²) in [6.45, 7) is 0.999. The lowest BCUT2D eigenvalue weighted by Gasteiger charge is -2.33. The Kier molecular flexibility index (Phi) is 7.19. The summed E-state index contributed by atoms with van der Waals surface area (Å²) < 4.78 is 11.1. The van der Waals surface area contributed by atoms with Gasteiger partial charge < -0.3 is 14.4 Å². The van der Waals surface area contributed by atoms with Gasteiger partial charge in [0, 0.05) is 35.6 Å². The van der Waals surface area contributed by atoms with Crippen molar-refractivity contribution in [1.29, 1.82) is 0 Å². The first kappa shape index (κ1) is 22.7. The highest BCUT2D eigenvalue weighted by Crippen LogP contribution is 2.30. The van der Waals surface area contributed by atoms with E-state index in [0.29, 0.717) is 35.6 Å². The average molecular weight is 465 g/mol. The van der Waals surface area contributed by atoms with Crippen LogP contribution in [0.1, 0.15) is 33.6 Å². The summed E-state index contributed by atoms with van der Waals surface area (Å²) in [5.41, 5.74) is 1.54. The van der Waals surface area contributed by atoms with Crippen LogP contribution in [0.5, 0.6) is 5.88 Å². The second-order valence-electron chi connectivity index (χ2n) is 7.44. The molecule has 0 unspecified atom stereocenters. The van der Waals surface area contributed by atoms with Crippen LogP contribution < -0.4 is 4.74 Å². The number of carbonyl (C=O) groups excluding carboxylic acids is 2. The van der Waals surface area contributed by atoms with Gasteiger partial charge in [-0.1, -0.05) is 18.2 Å². The first-order valence-corrected chi connectivity index (χ1v) is 11.8. The molecule has 33 heavy (non-hydrogen) atoms. The number of hydrogen-bond donors (Lipinski definition) is 0. The lowest BCUT2D eigenvalue weighted by Crippen LogP contribution is -2.44. The van der Waals surface area contributed by atoms with E-state index in [9.17, 15) is 9.59 Å². The standard InChI is InChI=1S/C24H24N4O4S/c1-31-24(30)20-19(33-2)10-13-27-22(20)32-16-7-5-14-28(15-16)23(29)18-9-4-3-8-17(18)21-25-11-6-12-26-21/h3-4,6,8-13,16H,5,7,14-15H2,1-2H3/t16-/m1/s1. The van der Waals surface area contributed by atoms with Gasteiger partial charge in [0.2, 0.25) is 5.88 Å². The second kappa shape index (κ2) is 10.4. The molecule has 170 valence electrons. The van der Waals surface area contributed by atoms with Gasteiger partial charge in [0.15, 0.2) is 5.82 Å². The molecule has 4 rings (SSSR count). The van der Waals surface area contributed by atoms with E-state index in [1.807, 2.05) is 24.5 Å². The Hall–Kier alpha value is -3.46. The molecule has 1 fully saturated rings. The molecule has 1 amide bonds. The van der Waals surface area contributed by atoms with Crippen molar-refractivity contribution in [3.05, 3.63) is 66.1 Å². The summed E-state index contributed by atoms with van der Waals surface area (Å²) >= 11 is 1.42. The Morgan fingerprint density at radius 2 is 1.85 bits per heavy atom. The predicted octanol–water partition coefficient (Wildman–Crippen LogP) is 3.73. The second-order valence-corrected chi connectivity index (χ2v) is 8.28. The van der Waals surface area contributed by atoms with Crippen LogP contribution in [0.4, 0.5) is 0 Å². The number of nitrogens with zero attached hydrogens (tertiary/aromatic N) is 4. The molecule has 0 radical (unpaired) electrons. The van der Waals surface area contributed by atoms with E-state index in [1.54, 1.807) is 41.7 Å². The predicted molar refractivity (Wildman–Crippen MR) is 124 cm³/mol. The number of amides is 1. The Labute approximate surface area is 196 Å². The summed E-state index contributed by atoms with van der Waals surface area (Å²) in [6, 6.07) is 10.8. The van der Waals surface area contributed by atoms with Crippen molar-refractivity contribution in [3.63, 3.8) is 0 Å². The third kappa shape index (κ3) is 4.98. The molecule has 1 aliphatic heterocycles. The van der Waals surface area contributed by atoms with Gasteiger partial charge >= 0.3 is 5.97 Å². The van der Waals surface area contributed by atoms with Gasteiger partial charge in [0.05, 0.1) is 19.2 Å². The highest BCUT2D eigenvalue weighted by atomic mass is 32.2. The van der Waals surface area contributed by atoms with Gasteiger partial charge in [0.1, 0.15) is 11.7 Å². The number of likely N-dealkylation sites (tertiary alicyclic amines) is 1. The lowest BCUT2D eigenvalue weighted by molar-refractivity contribution is 0.0495. The van der Waals surface area contributed by atoms with Gasteiger partial charge in [-0.05, 0) is 37.3 Å². The fraction of sp³-hybridized carbons (Fsp3) is 0.292. The van der Waals surface area contributed by atoms with E-state index in [0.717, 1.165) is 17.7 Å².